The maximum absolute atomic E-state index is 9.70. The molecule has 1 nitrogen and oxygen atoms in total. The van der Waals surface area contributed by atoms with Crippen molar-refractivity contribution in [1.29, 1.82) is 0 Å². The Bertz CT molecular complexity index is 451. The molecule has 2 aromatic carbocycles. The van der Waals surface area contributed by atoms with Crippen LogP contribution in [0.3, 0.4) is 0 Å². The van der Waals surface area contributed by atoms with E-state index < -0.39 is 0 Å². The fraction of sp³-hybridized carbons (Fsp3) is 0.0769. The summed E-state index contributed by atoms with van der Waals surface area (Å²) in [7, 11) is 0. The molecule has 0 saturated carbocycles. The lowest BCUT2D eigenvalue weighted by Gasteiger charge is -2.05. The number of hydrogen-bond donors (Lipinski definition) is 2. The fourth-order valence-corrected chi connectivity index (χ4v) is 1.71. The van der Waals surface area contributed by atoms with E-state index in [9.17, 15) is 5.11 Å². The van der Waals surface area contributed by atoms with Crippen molar-refractivity contribution in [3.8, 4) is 5.75 Å². The Labute approximate surface area is 94.8 Å². The van der Waals surface area contributed by atoms with E-state index in [1.807, 2.05) is 42.5 Å². The summed E-state index contributed by atoms with van der Waals surface area (Å²) in [5.41, 5.74) is 2.12. The van der Waals surface area contributed by atoms with E-state index in [2.05, 4.69) is 12.6 Å². The summed E-state index contributed by atoms with van der Waals surface area (Å²) in [5, 5.41) is 9.70. The quantitative estimate of drug-likeness (QED) is 0.738. The van der Waals surface area contributed by atoms with E-state index in [4.69, 9.17) is 0 Å². The van der Waals surface area contributed by atoms with Gasteiger partial charge in [-0.2, -0.15) is 0 Å². The monoisotopic (exact) mass is 216 g/mol. The Morgan fingerprint density at radius 1 is 1.00 bits per heavy atom. The zero-order valence-electron chi connectivity index (χ0n) is 8.22. The molecule has 0 unspecified atom stereocenters. The molecule has 0 radical (unpaired) electrons. The molecule has 0 aliphatic rings. The van der Waals surface area contributed by atoms with Gasteiger partial charge in [-0.1, -0.05) is 36.4 Å². The van der Waals surface area contributed by atoms with Crippen molar-refractivity contribution in [3.05, 3.63) is 59.7 Å². The summed E-state index contributed by atoms with van der Waals surface area (Å²) in [6.45, 7) is 0. The Morgan fingerprint density at radius 3 is 2.40 bits per heavy atom. The van der Waals surface area contributed by atoms with Gasteiger partial charge in [0.2, 0.25) is 0 Å². The minimum absolute atomic E-state index is 0.311. The average molecular weight is 216 g/mol. The van der Waals surface area contributed by atoms with E-state index in [1.165, 1.54) is 5.56 Å². The van der Waals surface area contributed by atoms with Gasteiger partial charge in [0.25, 0.3) is 0 Å². The Hall–Kier alpha value is -1.41. The molecule has 0 spiro atoms. The van der Waals surface area contributed by atoms with Crippen LogP contribution in [-0.4, -0.2) is 5.11 Å². The Kier molecular flexibility index (Phi) is 2.97. The van der Waals surface area contributed by atoms with Crippen LogP contribution < -0.4 is 0 Å². The summed E-state index contributed by atoms with van der Waals surface area (Å²) < 4.78 is 0. The van der Waals surface area contributed by atoms with Gasteiger partial charge in [0.05, 0.1) is 0 Å². The lowest BCUT2D eigenvalue weighted by molar-refractivity contribution is 0.468. The number of phenols is 1. The standard InChI is InChI=1S/C13H12OS/c14-13-9-12(15)7-6-11(13)8-10-4-2-1-3-5-10/h1-7,9,14-15H,8H2. The molecule has 0 bridgehead atoms. The van der Waals surface area contributed by atoms with Crippen LogP contribution in [0, 0.1) is 0 Å². The molecule has 0 atom stereocenters. The van der Waals surface area contributed by atoms with E-state index in [0.717, 1.165) is 16.9 Å². The zero-order valence-corrected chi connectivity index (χ0v) is 9.11. The highest BCUT2D eigenvalue weighted by atomic mass is 32.1. The molecule has 0 aliphatic carbocycles. The van der Waals surface area contributed by atoms with Crippen LogP contribution in [0.2, 0.25) is 0 Å². The Balaban J connectivity index is 2.25. The zero-order chi connectivity index (χ0) is 10.7. The molecule has 0 saturated heterocycles. The van der Waals surface area contributed by atoms with E-state index in [1.54, 1.807) is 6.07 Å². The van der Waals surface area contributed by atoms with E-state index >= 15 is 0 Å². The first-order chi connectivity index (χ1) is 7.25. The third-order valence-corrected chi connectivity index (χ3v) is 2.58. The molecule has 1 N–H and O–H groups in total. The van der Waals surface area contributed by atoms with Crippen molar-refractivity contribution in [2.75, 3.05) is 0 Å². The predicted molar refractivity (Wildman–Crippen MR) is 64.6 cm³/mol. The van der Waals surface area contributed by atoms with Crippen LogP contribution >= 0.6 is 12.6 Å². The highest BCUT2D eigenvalue weighted by Crippen LogP contribution is 2.23. The van der Waals surface area contributed by atoms with Crippen molar-refractivity contribution < 1.29 is 5.11 Å². The van der Waals surface area contributed by atoms with Crippen LogP contribution in [0.15, 0.2) is 53.4 Å². The maximum Gasteiger partial charge on any atom is 0.120 e. The topological polar surface area (TPSA) is 20.2 Å². The highest BCUT2D eigenvalue weighted by Gasteiger charge is 2.02. The molecule has 0 fully saturated rings. The third kappa shape index (κ3) is 2.54. The van der Waals surface area contributed by atoms with Crippen molar-refractivity contribution in [2.45, 2.75) is 11.3 Å². The lowest BCUT2D eigenvalue weighted by Crippen LogP contribution is -1.88. The highest BCUT2D eigenvalue weighted by molar-refractivity contribution is 7.80. The van der Waals surface area contributed by atoms with Crippen molar-refractivity contribution in [3.63, 3.8) is 0 Å². The second kappa shape index (κ2) is 4.41. The fourth-order valence-electron chi connectivity index (χ4n) is 1.52. The molecular weight excluding hydrogens is 204 g/mol. The molecule has 76 valence electrons. The number of rotatable bonds is 2. The smallest absolute Gasteiger partial charge is 0.120 e. The Morgan fingerprint density at radius 2 is 1.73 bits per heavy atom. The van der Waals surface area contributed by atoms with Gasteiger partial charge in [-0.15, -0.1) is 12.6 Å². The van der Waals surface area contributed by atoms with Gasteiger partial charge in [0, 0.05) is 11.3 Å². The molecule has 0 heterocycles. The lowest BCUT2D eigenvalue weighted by atomic mass is 10.0. The number of phenolic OH excluding ortho intramolecular Hbond substituents is 1. The second-order valence-electron chi connectivity index (χ2n) is 3.48. The average Bonchev–Trinajstić information content (AvgIpc) is 2.24. The second-order valence-corrected chi connectivity index (χ2v) is 3.99. The van der Waals surface area contributed by atoms with Gasteiger partial charge < -0.3 is 5.11 Å². The molecule has 15 heavy (non-hydrogen) atoms. The molecule has 0 aromatic heterocycles. The van der Waals surface area contributed by atoms with Gasteiger partial charge >= 0.3 is 0 Å². The SMILES string of the molecule is Oc1cc(S)ccc1Cc1ccccc1. The predicted octanol–water partition coefficient (Wildman–Crippen LogP) is 3.27. The van der Waals surface area contributed by atoms with Crippen molar-refractivity contribution >= 4 is 12.6 Å². The first kappa shape index (κ1) is 10.1. The largest absolute Gasteiger partial charge is 0.508 e. The van der Waals surface area contributed by atoms with E-state index in [0.29, 0.717) is 5.75 Å². The normalized spacial score (nSPS) is 10.2. The maximum atomic E-state index is 9.70. The number of hydrogen-bond acceptors (Lipinski definition) is 2. The summed E-state index contributed by atoms with van der Waals surface area (Å²) in [5.74, 6) is 0.311. The van der Waals surface area contributed by atoms with Crippen LogP contribution in [0.4, 0.5) is 0 Å². The summed E-state index contributed by atoms with van der Waals surface area (Å²) in [6, 6.07) is 15.5. The van der Waals surface area contributed by atoms with E-state index in [-0.39, 0.29) is 0 Å². The van der Waals surface area contributed by atoms with Crippen molar-refractivity contribution in [1.82, 2.24) is 0 Å². The first-order valence-electron chi connectivity index (χ1n) is 4.80. The van der Waals surface area contributed by atoms with Gasteiger partial charge in [-0.3, -0.25) is 0 Å². The van der Waals surface area contributed by atoms with Gasteiger partial charge in [0.15, 0.2) is 0 Å². The molecule has 2 rings (SSSR count). The molecule has 2 aromatic rings. The van der Waals surface area contributed by atoms with Gasteiger partial charge in [0.1, 0.15) is 5.75 Å². The van der Waals surface area contributed by atoms with Gasteiger partial charge in [-0.25, -0.2) is 0 Å². The number of thiol groups is 1. The number of benzene rings is 2. The minimum Gasteiger partial charge on any atom is -0.508 e. The number of aromatic hydroxyl groups is 1. The van der Waals surface area contributed by atoms with Crippen LogP contribution in [-0.2, 0) is 6.42 Å². The summed E-state index contributed by atoms with van der Waals surface area (Å²) >= 11 is 4.17. The molecule has 0 amide bonds. The molecule has 0 aliphatic heterocycles. The minimum atomic E-state index is 0.311. The van der Waals surface area contributed by atoms with Gasteiger partial charge in [-0.05, 0) is 23.3 Å². The molecule has 2 heteroatoms. The summed E-state index contributed by atoms with van der Waals surface area (Å²) in [4.78, 5) is 0.782. The van der Waals surface area contributed by atoms with Crippen LogP contribution in [0.1, 0.15) is 11.1 Å². The summed E-state index contributed by atoms with van der Waals surface area (Å²) in [6.07, 6.45) is 0.751. The van der Waals surface area contributed by atoms with Crippen LogP contribution in [0.25, 0.3) is 0 Å². The van der Waals surface area contributed by atoms with Crippen LogP contribution in [0.5, 0.6) is 5.75 Å². The van der Waals surface area contributed by atoms with Crippen molar-refractivity contribution in [2.24, 2.45) is 0 Å². The third-order valence-electron chi connectivity index (χ3n) is 2.31. The first-order valence-corrected chi connectivity index (χ1v) is 5.25. The molecular formula is C13H12OS.